The van der Waals surface area contributed by atoms with E-state index >= 15 is 0 Å². The number of halogens is 3. The van der Waals surface area contributed by atoms with Gasteiger partial charge in [-0.15, -0.1) is 0 Å². The highest BCUT2D eigenvalue weighted by atomic mass is 19.4. The van der Waals surface area contributed by atoms with E-state index in [1.54, 1.807) is 12.1 Å². The summed E-state index contributed by atoms with van der Waals surface area (Å²) in [7, 11) is 0. The van der Waals surface area contributed by atoms with Crippen molar-refractivity contribution in [2.45, 2.75) is 26.1 Å². The first-order chi connectivity index (χ1) is 13.7. The van der Waals surface area contributed by atoms with Gasteiger partial charge in [0.15, 0.2) is 5.76 Å². The molecule has 0 atom stereocenters. The van der Waals surface area contributed by atoms with Gasteiger partial charge in [-0.1, -0.05) is 6.07 Å². The van der Waals surface area contributed by atoms with E-state index in [4.69, 9.17) is 9.15 Å². The number of amidine groups is 1. The highest BCUT2D eigenvalue weighted by Gasteiger charge is 2.31. The maximum absolute atomic E-state index is 13.0. The summed E-state index contributed by atoms with van der Waals surface area (Å²) in [4.78, 5) is 20.0. The van der Waals surface area contributed by atoms with Crippen molar-refractivity contribution in [3.63, 3.8) is 0 Å². The van der Waals surface area contributed by atoms with Crippen molar-refractivity contribution in [1.29, 1.82) is 0 Å². The topological polar surface area (TPSA) is 58.3 Å². The molecule has 1 amide bonds. The van der Waals surface area contributed by atoms with Crippen LogP contribution in [-0.4, -0.2) is 49.1 Å². The average Bonchev–Trinajstić information content (AvgIpc) is 3.22. The Labute approximate surface area is 166 Å². The van der Waals surface area contributed by atoms with Gasteiger partial charge in [-0.2, -0.15) is 18.2 Å². The molecule has 0 unspecified atom stereocenters. The molecule has 1 aliphatic heterocycles. The van der Waals surface area contributed by atoms with Crippen molar-refractivity contribution in [1.82, 2.24) is 4.90 Å². The minimum Gasteiger partial charge on any atom is -0.462 e. The van der Waals surface area contributed by atoms with Crippen molar-refractivity contribution in [2.75, 3.05) is 31.1 Å². The quantitative estimate of drug-likeness (QED) is 0.566. The zero-order chi connectivity index (χ0) is 21.0. The van der Waals surface area contributed by atoms with E-state index in [0.29, 0.717) is 31.9 Å². The third-order valence-corrected chi connectivity index (χ3v) is 4.36. The summed E-state index contributed by atoms with van der Waals surface area (Å²) in [5.74, 6) is -0.441. The molecule has 0 bridgehead atoms. The van der Waals surface area contributed by atoms with Gasteiger partial charge in [0.05, 0.1) is 17.9 Å². The molecule has 29 heavy (non-hydrogen) atoms. The molecule has 3 rings (SSSR count). The lowest BCUT2D eigenvalue weighted by Gasteiger charge is -2.37. The van der Waals surface area contributed by atoms with Gasteiger partial charge in [0.1, 0.15) is 0 Å². The molecular formula is C20H22F3N3O3. The summed E-state index contributed by atoms with van der Waals surface area (Å²) in [6, 6.07) is 8.57. The summed E-state index contributed by atoms with van der Waals surface area (Å²) in [5, 5.41) is 0. The van der Waals surface area contributed by atoms with Crippen molar-refractivity contribution >= 4 is 17.6 Å². The number of hydrogen-bond donors (Lipinski definition) is 0. The van der Waals surface area contributed by atoms with E-state index in [1.807, 2.05) is 23.6 Å². The molecule has 1 aliphatic rings. The Kier molecular flexibility index (Phi) is 6.14. The number of alkyl halides is 3. The molecule has 0 radical (unpaired) electrons. The van der Waals surface area contributed by atoms with Crippen molar-refractivity contribution in [3.05, 3.63) is 54.0 Å². The third kappa shape index (κ3) is 5.30. The molecule has 2 aromatic rings. The van der Waals surface area contributed by atoms with Crippen molar-refractivity contribution in [2.24, 2.45) is 4.99 Å². The number of aliphatic imine (C=N–C) groups is 1. The van der Waals surface area contributed by atoms with Crippen LogP contribution < -0.4 is 4.90 Å². The molecule has 1 fully saturated rings. The van der Waals surface area contributed by atoms with Gasteiger partial charge in [0, 0.05) is 31.9 Å². The van der Waals surface area contributed by atoms with Crippen LogP contribution in [0.4, 0.5) is 18.9 Å². The predicted octanol–water partition coefficient (Wildman–Crippen LogP) is 4.04. The van der Waals surface area contributed by atoms with Crippen LogP contribution >= 0.6 is 0 Å². The SMILES string of the molecule is CC(C)OC(=NC(=O)c1ccco1)N1CCN(c2cccc(C(F)(F)F)c2)CC1. The zero-order valence-corrected chi connectivity index (χ0v) is 16.1. The summed E-state index contributed by atoms with van der Waals surface area (Å²) < 4.78 is 49.7. The van der Waals surface area contributed by atoms with Gasteiger partial charge in [-0.3, -0.25) is 4.79 Å². The van der Waals surface area contributed by atoms with Crippen molar-refractivity contribution in [3.8, 4) is 0 Å². The Hall–Kier alpha value is -2.97. The lowest BCUT2D eigenvalue weighted by molar-refractivity contribution is -0.137. The summed E-state index contributed by atoms with van der Waals surface area (Å²) >= 11 is 0. The van der Waals surface area contributed by atoms with Crippen LogP contribution in [-0.2, 0) is 10.9 Å². The van der Waals surface area contributed by atoms with Gasteiger partial charge in [0.2, 0.25) is 0 Å². The van der Waals surface area contributed by atoms with Crippen LogP contribution in [0.15, 0.2) is 52.1 Å². The van der Waals surface area contributed by atoms with Crippen LogP contribution in [0.3, 0.4) is 0 Å². The van der Waals surface area contributed by atoms with E-state index in [2.05, 4.69) is 4.99 Å². The number of furan rings is 1. The average molecular weight is 409 g/mol. The first-order valence-electron chi connectivity index (χ1n) is 9.24. The number of hydrogen-bond acceptors (Lipinski definition) is 4. The molecule has 0 aliphatic carbocycles. The Morgan fingerprint density at radius 1 is 1.14 bits per heavy atom. The number of benzene rings is 1. The highest BCUT2D eigenvalue weighted by Crippen LogP contribution is 2.31. The molecule has 0 saturated carbocycles. The standard InChI is InChI=1S/C20H22F3N3O3/c1-14(2)29-19(24-18(27)17-7-4-12-28-17)26-10-8-25(9-11-26)16-6-3-5-15(13-16)20(21,22)23/h3-7,12-14H,8-11H2,1-2H3. The van der Waals surface area contributed by atoms with Crippen LogP contribution in [0, 0.1) is 0 Å². The largest absolute Gasteiger partial charge is 0.462 e. The number of carbonyl (C=O) groups is 1. The van der Waals surface area contributed by atoms with Gasteiger partial charge < -0.3 is 19.0 Å². The molecule has 1 aromatic carbocycles. The Balaban J connectivity index is 1.71. The third-order valence-electron chi connectivity index (χ3n) is 4.36. The maximum atomic E-state index is 13.0. The van der Waals surface area contributed by atoms with Gasteiger partial charge in [0.25, 0.3) is 6.02 Å². The predicted molar refractivity (Wildman–Crippen MR) is 102 cm³/mol. The van der Waals surface area contributed by atoms with E-state index in [1.165, 1.54) is 18.4 Å². The van der Waals surface area contributed by atoms with Gasteiger partial charge in [-0.05, 0) is 44.2 Å². The molecule has 6 nitrogen and oxygen atoms in total. The fourth-order valence-electron chi connectivity index (χ4n) is 2.96. The van der Waals surface area contributed by atoms with Crippen LogP contribution in [0.5, 0.6) is 0 Å². The van der Waals surface area contributed by atoms with Crippen LogP contribution in [0.25, 0.3) is 0 Å². The number of anilines is 1. The molecule has 1 saturated heterocycles. The lowest BCUT2D eigenvalue weighted by Crippen LogP contribution is -2.50. The number of amides is 1. The molecule has 156 valence electrons. The normalized spacial score (nSPS) is 15.7. The summed E-state index contributed by atoms with van der Waals surface area (Å²) in [6.07, 6.45) is -3.19. The molecule has 0 spiro atoms. The summed E-state index contributed by atoms with van der Waals surface area (Å²) in [6.45, 7) is 5.49. The molecular weight excluding hydrogens is 387 g/mol. The van der Waals surface area contributed by atoms with Crippen molar-refractivity contribution < 1.29 is 27.1 Å². The smallest absolute Gasteiger partial charge is 0.416 e. The van der Waals surface area contributed by atoms with Crippen LogP contribution in [0.1, 0.15) is 30.0 Å². The monoisotopic (exact) mass is 409 g/mol. The number of nitrogens with zero attached hydrogens (tertiary/aromatic N) is 3. The van der Waals surface area contributed by atoms with E-state index in [0.717, 1.165) is 12.1 Å². The number of piperazine rings is 1. The van der Waals surface area contributed by atoms with Crippen LogP contribution in [0.2, 0.25) is 0 Å². The number of rotatable bonds is 3. The van der Waals surface area contributed by atoms with E-state index in [9.17, 15) is 18.0 Å². The fraction of sp³-hybridized carbons (Fsp3) is 0.400. The first-order valence-corrected chi connectivity index (χ1v) is 9.24. The van der Waals surface area contributed by atoms with E-state index < -0.39 is 17.6 Å². The molecule has 0 N–H and O–H groups in total. The second-order valence-corrected chi connectivity index (χ2v) is 6.87. The minimum atomic E-state index is -4.38. The van der Waals surface area contributed by atoms with Gasteiger partial charge >= 0.3 is 12.1 Å². The maximum Gasteiger partial charge on any atom is 0.416 e. The Morgan fingerprint density at radius 2 is 1.86 bits per heavy atom. The number of carbonyl (C=O) groups excluding carboxylic acids is 1. The highest BCUT2D eigenvalue weighted by molar-refractivity contribution is 5.99. The lowest BCUT2D eigenvalue weighted by atomic mass is 10.1. The molecule has 1 aromatic heterocycles. The van der Waals surface area contributed by atoms with E-state index in [-0.39, 0.29) is 17.9 Å². The Morgan fingerprint density at radius 3 is 2.45 bits per heavy atom. The molecule has 2 heterocycles. The second kappa shape index (κ2) is 8.59. The fourth-order valence-corrected chi connectivity index (χ4v) is 2.96. The Bertz CT molecular complexity index is 855. The summed E-state index contributed by atoms with van der Waals surface area (Å²) in [5.41, 5.74) is -0.165. The number of ether oxygens (including phenoxy) is 1. The zero-order valence-electron chi connectivity index (χ0n) is 16.1. The second-order valence-electron chi connectivity index (χ2n) is 6.87. The van der Waals surface area contributed by atoms with Gasteiger partial charge in [-0.25, -0.2) is 0 Å². The first kappa shape index (κ1) is 20.8. The minimum absolute atomic E-state index is 0.109. The molecule has 9 heteroatoms.